The maximum Gasteiger partial charge on any atom is 0.167 e. The van der Waals surface area contributed by atoms with E-state index in [1.165, 1.54) is 12.3 Å². The van der Waals surface area contributed by atoms with E-state index in [1.807, 2.05) is 0 Å². The monoisotopic (exact) mass is 325 g/mol. The van der Waals surface area contributed by atoms with Crippen molar-refractivity contribution in [2.75, 3.05) is 17.7 Å². The lowest BCUT2D eigenvalue weighted by Gasteiger charge is -2.10. The lowest BCUT2D eigenvalue weighted by atomic mass is 10.3. The summed E-state index contributed by atoms with van der Waals surface area (Å²) in [5, 5.41) is 3.00. The number of ether oxygens (including phenoxy) is 1. The molecule has 1 heterocycles. The minimum absolute atomic E-state index is 0.234. The van der Waals surface area contributed by atoms with Crippen LogP contribution < -0.4 is 15.8 Å². The van der Waals surface area contributed by atoms with Crippen molar-refractivity contribution >= 4 is 33.1 Å². The Hall–Kier alpha value is -1.82. The van der Waals surface area contributed by atoms with Crippen LogP contribution in [0.3, 0.4) is 0 Å². The van der Waals surface area contributed by atoms with E-state index in [0.717, 1.165) is 0 Å². The molecule has 0 atom stereocenters. The first-order valence-electron chi connectivity index (χ1n) is 5.70. The van der Waals surface area contributed by atoms with Gasteiger partial charge < -0.3 is 15.8 Å². The first kappa shape index (κ1) is 13.6. The van der Waals surface area contributed by atoms with Crippen LogP contribution >= 0.6 is 15.9 Å². The number of anilines is 3. The Kier molecular flexibility index (Phi) is 4.21. The van der Waals surface area contributed by atoms with Crippen LogP contribution in [0.15, 0.2) is 34.9 Å². The van der Waals surface area contributed by atoms with Gasteiger partial charge in [0.2, 0.25) is 0 Å². The van der Waals surface area contributed by atoms with Crippen LogP contribution in [0.25, 0.3) is 0 Å². The van der Waals surface area contributed by atoms with Crippen LogP contribution in [-0.4, -0.2) is 11.6 Å². The fourth-order valence-electron chi connectivity index (χ4n) is 1.53. The van der Waals surface area contributed by atoms with Gasteiger partial charge in [-0.25, -0.2) is 9.37 Å². The van der Waals surface area contributed by atoms with Crippen LogP contribution in [0.1, 0.15) is 6.92 Å². The Bertz CT molecular complexity index is 592. The fraction of sp³-hybridized carbons (Fsp3) is 0.154. The molecule has 6 heteroatoms. The molecule has 19 heavy (non-hydrogen) atoms. The van der Waals surface area contributed by atoms with E-state index in [-0.39, 0.29) is 5.75 Å². The summed E-state index contributed by atoms with van der Waals surface area (Å²) in [5.41, 5.74) is 6.73. The number of nitrogen functional groups attached to an aromatic ring is 1. The highest BCUT2D eigenvalue weighted by atomic mass is 79.9. The number of nitrogens with two attached hydrogens (primary N) is 1. The molecule has 1 aromatic heterocycles. The minimum atomic E-state index is -0.418. The molecule has 0 aliphatic heterocycles. The van der Waals surface area contributed by atoms with Gasteiger partial charge in [0.15, 0.2) is 11.6 Å². The number of pyridine rings is 1. The quantitative estimate of drug-likeness (QED) is 0.899. The fourth-order valence-corrected chi connectivity index (χ4v) is 2.00. The third-order valence-corrected chi connectivity index (χ3v) is 2.96. The SMILES string of the molecule is CCOc1ccc(Nc2ncc(N)cc2Br)cc1F. The molecule has 0 unspecified atom stereocenters. The van der Waals surface area contributed by atoms with Gasteiger partial charge in [0, 0.05) is 11.8 Å². The highest BCUT2D eigenvalue weighted by Gasteiger charge is 2.07. The number of rotatable bonds is 4. The Morgan fingerprint density at radius 2 is 2.21 bits per heavy atom. The number of aromatic nitrogens is 1. The molecule has 0 spiro atoms. The van der Waals surface area contributed by atoms with Crippen LogP contribution in [0.4, 0.5) is 21.6 Å². The molecule has 2 rings (SSSR count). The van der Waals surface area contributed by atoms with Gasteiger partial charge >= 0.3 is 0 Å². The second kappa shape index (κ2) is 5.88. The molecule has 4 nitrogen and oxygen atoms in total. The number of nitrogens with zero attached hydrogens (tertiary/aromatic N) is 1. The van der Waals surface area contributed by atoms with Gasteiger partial charge in [-0.3, -0.25) is 0 Å². The molecule has 0 saturated carbocycles. The third-order valence-electron chi connectivity index (χ3n) is 2.36. The molecule has 0 radical (unpaired) electrons. The number of benzene rings is 1. The van der Waals surface area contributed by atoms with Crippen molar-refractivity contribution < 1.29 is 9.13 Å². The van der Waals surface area contributed by atoms with Gasteiger partial charge in [-0.05, 0) is 41.1 Å². The zero-order chi connectivity index (χ0) is 13.8. The Labute approximate surface area is 118 Å². The third kappa shape index (κ3) is 3.35. The normalized spacial score (nSPS) is 10.3. The van der Waals surface area contributed by atoms with E-state index >= 15 is 0 Å². The molecular formula is C13H13BrFN3O. The van der Waals surface area contributed by atoms with Crippen LogP contribution in [-0.2, 0) is 0 Å². The Balaban J connectivity index is 2.21. The zero-order valence-corrected chi connectivity index (χ0v) is 11.9. The topological polar surface area (TPSA) is 60.2 Å². The lowest BCUT2D eigenvalue weighted by molar-refractivity contribution is 0.321. The summed E-state index contributed by atoms with van der Waals surface area (Å²) in [6.07, 6.45) is 1.53. The molecule has 0 fully saturated rings. The molecule has 0 aliphatic carbocycles. The maximum absolute atomic E-state index is 13.7. The number of hydrogen-bond donors (Lipinski definition) is 2. The van der Waals surface area contributed by atoms with Gasteiger partial charge in [-0.15, -0.1) is 0 Å². The van der Waals surface area contributed by atoms with Gasteiger partial charge in [-0.1, -0.05) is 0 Å². The molecule has 0 bridgehead atoms. The standard InChI is InChI=1S/C13H13BrFN3O/c1-2-19-12-4-3-9(6-11(12)15)18-13-10(14)5-8(16)7-17-13/h3-7H,2,16H2,1H3,(H,17,18). The van der Waals surface area contributed by atoms with E-state index in [2.05, 4.69) is 26.2 Å². The predicted molar refractivity (Wildman–Crippen MR) is 77.2 cm³/mol. The summed E-state index contributed by atoms with van der Waals surface area (Å²) in [4.78, 5) is 4.12. The molecule has 0 saturated heterocycles. The van der Waals surface area contributed by atoms with Crippen molar-refractivity contribution in [3.8, 4) is 5.75 Å². The average Bonchev–Trinajstić information content (AvgIpc) is 2.36. The predicted octanol–water partition coefficient (Wildman–Crippen LogP) is 3.71. The first-order valence-corrected chi connectivity index (χ1v) is 6.50. The van der Waals surface area contributed by atoms with Gasteiger partial charge in [0.1, 0.15) is 5.82 Å². The van der Waals surface area contributed by atoms with E-state index < -0.39 is 5.82 Å². The van der Waals surface area contributed by atoms with E-state index in [4.69, 9.17) is 10.5 Å². The minimum Gasteiger partial charge on any atom is -0.491 e. The summed E-state index contributed by atoms with van der Waals surface area (Å²) in [5.74, 6) is 0.383. The van der Waals surface area contributed by atoms with Crippen molar-refractivity contribution in [1.29, 1.82) is 0 Å². The lowest BCUT2D eigenvalue weighted by Crippen LogP contribution is -1.99. The van der Waals surface area contributed by atoms with Crippen molar-refractivity contribution in [3.63, 3.8) is 0 Å². The molecule has 100 valence electrons. The van der Waals surface area contributed by atoms with Gasteiger partial charge in [0.05, 0.1) is 23.0 Å². The highest BCUT2D eigenvalue weighted by molar-refractivity contribution is 9.10. The maximum atomic E-state index is 13.7. The van der Waals surface area contributed by atoms with Crippen molar-refractivity contribution in [1.82, 2.24) is 4.98 Å². The largest absolute Gasteiger partial charge is 0.491 e. The molecular weight excluding hydrogens is 313 g/mol. The van der Waals surface area contributed by atoms with Crippen LogP contribution in [0, 0.1) is 5.82 Å². The highest BCUT2D eigenvalue weighted by Crippen LogP contribution is 2.27. The average molecular weight is 326 g/mol. The van der Waals surface area contributed by atoms with Crippen LogP contribution in [0.5, 0.6) is 5.75 Å². The van der Waals surface area contributed by atoms with Crippen LogP contribution in [0.2, 0.25) is 0 Å². The van der Waals surface area contributed by atoms with Crippen molar-refractivity contribution in [2.45, 2.75) is 6.92 Å². The smallest absolute Gasteiger partial charge is 0.167 e. The Morgan fingerprint density at radius 1 is 1.42 bits per heavy atom. The molecule has 2 aromatic rings. The molecule has 0 aliphatic rings. The summed E-state index contributed by atoms with van der Waals surface area (Å²) in [6, 6.07) is 6.38. The zero-order valence-electron chi connectivity index (χ0n) is 10.3. The van der Waals surface area contributed by atoms with E-state index in [9.17, 15) is 4.39 Å². The summed E-state index contributed by atoms with van der Waals surface area (Å²) in [7, 11) is 0. The van der Waals surface area contributed by atoms with E-state index in [1.54, 1.807) is 25.1 Å². The molecule has 3 N–H and O–H groups in total. The van der Waals surface area contributed by atoms with E-state index in [0.29, 0.717) is 28.3 Å². The summed E-state index contributed by atoms with van der Waals surface area (Å²) in [6.45, 7) is 2.23. The number of nitrogens with one attached hydrogen (secondary N) is 1. The first-order chi connectivity index (χ1) is 9.10. The van der Waals surface area contributed by atoms with Crippen molar-refractivity contribution in [2.24, 2.45) is 0 Å². The summed E-state index contributed by atoms with van der Waals surface area (Å²) >= 11 is 3.34. The second-order valence-electron chi connectivity index (χ2n) is 3.80. The molecule has 1 aromatic carbocycles. The van der Waals surface area contributed by atoms with Gasteiger partial charge in [0.25, 0.3) is 0 Å². The second-order valence-corrected chi connectivity index (χ2v) is 4.66. The van der Waals surface area contributed by atoms with Gasteiger partial charge in [-0.2, -0.15) is 0 Å². The number of halogens is 2. The Morgan fingerprint density at radius 3 is 2.84 bits per heavy atom. The summed E-state index contributed by atoms with van der Waals surface area (Å²) < 4.78 is 19.5. The van der Waals surface area contributed by atoms with Crippen molar-refractivity contribution in [3.05, 3.63) is 40.8 Å². The molecule has 0 amide bonds. The number of hydrogen-bond acceptors (Lipinski definition) is 4.